The van der Waals surface area contributed by atoms with Gasteiger partial charge in [0, 0.05) is 11.3 Å². The molecule has 2 rings (SSSR count). The summed E-state index contributed by atoms with van der Waals surface area (Å²) in [5.74, 6) is 0.390. The minimum atomic E-state index is -0.444. The van der Waals surface area contributed by atoms with Crippen LogP contribution < -0.4 is 14.8 Å². The van der Waals surface area contributed by atoms with Crippen LogP contribution in [0.2, 0.25) is 0 Å². The number of anilines is 1. The zero-order valence-electron chi connectivity index (χ0n) is 16.8. The molecule has 0 saturated carbocycles. The van der Waals surface area contributed by atoms with Gasteiger partial charge in [0.25, 0.3) is 5.91 Å². The average molecular weight is 400 g/mol. The van der Waals surface area contributed by atoms with E-state index >= 15 is 0 Å². The Kier molecular flexibility index (Phi) is 8.02. The van der Waals surface area contributed by atoms with Crippen LogP contribution in [0.3, 0.4) is 0 Å². The number of carbonyl (C=O) groups excluding carboxylic acids is 2. The van der Waals surface area contributed by atoms with E-state index in [0.717, 1.165) is 5.56 Å². The first-order valence-electron chi connectivity index (χ1n) is 8.91. The third-order valence-corrected chi connectivity index (χ3v) is 3.61. The van der Waals surface area contributed by atoms with Gasteiger partial charge in [-0.05, 0) is 56.3 Å². The summed E-state index contributed by atoms with van der Waals surface area (Å²) in [7, 11) is 2.86. The van der Waals surface area contributed by atoms with Crippen molar-refractivity contribution in [2.75, 3.05) is 26.1 Å². The van der Waals surface area contributed by atoms with Crippen LogP contribution in [0.4, 0.5) is 5.69 Å². The summed E-state index contributed by atoms with van der Waals surface area (Å²) >= 11 is 0. The predicted molar refractivity (Wildman–Crippen MR) is 109 cm³/mol. The zero-order valence-corrected chi connectivity index (χ0v) is 16.8. The number of benzene rings is 2. The topological polar surface area (TPSA) is 95.5 Å². The monoisotopic (exact) mass is 400 g/mol. The Morgan fingerprint density at radius 2 is 1.79 bits per heavy atom. The SMILES string of the molecule is COC(=O)c1ccc(NC(=O)CO/N=C\c2ccc(OC(C)C)c(OC)c2)cc1. The number of hydrogen-bond acceptors (Lipinski definition) is 7. The number of nitrogens with zero attached hydrogens (tertiary/aromatic N) is 1. The van der Waals surface area contributed by atoms with Gasteiger partial charge in [0.1, 0.15) is 0 Å². The van der Waals surface area contributed by atoms with E-state index in [-0.39, 0.29) is 18.6 Å². The smallest absolute Gasteiger partial charge is 0.337 e. The molecule has 0 spiro atoms. The molecule has 2 aromatic rings. The van der Waals surface area contributed by atoms with Crippen molar-refractivity contribution in [1.29, 1.82) is 0 Å². The molecule has 154 valence electrons. The fraction of sp³-hybridized carbons (Fsp3) is 0.286. The van der Waals surface area contributed by atoms with Crippen LogP contribution in [0.25, 0.3) is 0 Å². The van der Waals surface area contributed by atoms with Gasteiger partial charge in [0.05, 0.1) is 32.1 Å². The highest BCUT2D eigenvalue weighted by atomic mass is 16.6. The largest absolute Gasteiger partial charge is 0.493 e. The molecule has 0 atom stereocenters. The first-order chi connectivity index (χ1) is 13.9. The molecule has 0 aliphatic carbocycles. The summed E-state index contributed by atoms with van der Waals surface area (Å²) < 4.78 is 15.6. The van der Waals surface area contributed by atoms with Crippen molar-refractivity contribution in [3.63, 3.8) is 0 Å². The minimum absolute atomic E-state index is 0.0296. The summed E-state index contributed by atoms with van der Waals surface area (Å²) in [5.41, 5.74) is 1.66. The Morgan fingerprint density at radius 1 is 1.07 bits per heavy atom. The first-order valence-corrected chi connectivity index (χ1v) is 8.91. The van der Waals surface area contributed by atoms with Crippen LogP contribution >= 0.6 is 0 Å². The lowest BCUT2D eigenvalue weighted by atomic mass is 10.2. The molecule has 8 nitrogen and oxygen atoms in total. The lowest BCUT2D eigenvalue weighted by Crippen LogP contribution is -2.17. The summed E-state index contributed by atoms with van der Waals surface area (Å²) in [6, 6.07) is 11.6. The molecule has 0 saturated heterocycles. The number of carbonyl (C=O) groups is 2. The number of hydrogen-bond donors (Lipinski definition) is 1. The molecule has 1 amide bonds. The van der Waals surface area contributed by atoms with Crippen molar-refractivity contribution >= 4 is 23.8 Å². The lowest BCUT2D eigenvalue weighted by Gasteiger charge is -2.13. The van der Waals surface area contributed by atoms with E-state index in [1.807, 2.05) is 13.8 Å². The van der Waals surface area contributed by atoms with Gasteiger partial charge < -0.3 is 24.4 Å². The number of ether oxygens (including phenoxy) is 3. The van der Waals surface area contributed by atoms with Crippen LogP contribution in [0.1, 0.15) is 29.8 Å². The van der Waals surface area contributed by atoms with Crippen LogP contribution in [0.15, 0.2) is 47.6 Å². The first kappa shape index (κ1) is 21.7. The number of nitrogens with one attached hydrogen (secondary N) is 1. The van der Waals surface area contributed by atoms with Gasteiger partial charge in [-0.1, -0.05) is 5.16 Å². The molecule has 0 fully saturated rings. The van der Waals surface area contributed by atoms with Crippen molar-refractivity contribution in [1.82, 2.24) is 0 Å². The number of amides is 1. The third-order valence-electron chi connectivity index (χ3n) is 3.61. The van der Waals surface area contributed by atoms with Gasteiger partial charge in [0.15, 0.2) is 18.1 Å². The fourth-order valence-electron chi connectivity index (χ4n) is 2.31. The van der Waals surface area contributed by atoms with E-state index in [2.05, 4.69) is 15.2 Å². The van der Waals surface area contributed by atoms with E-state index < -0.39 is 5.97 Å². The van der Waals surface area contributed by atoms with Gasteiger partial charge in [-0.2, -0.15) is 0 Å². The molecule has 0 unspecified atom stereocenters. The number of esters is 1. The molecule has 0 aliphatic rings. The second-order valence-corrected chi connectivity index (χ2v) is 6.20. The molecule has 8 heteroatoms. The maximum absolute atomic E-state index is 11.9. The van der Waals surface area contributed by atoms with E-state index in [4.69, 9.17) is 14.3 Å². The predicted octanol–water partition coefficient (Wildman–Crippen LogP) is 3.26. The minimum Gasteiger partial charge on any atom is -0.493 e. The van der Waals surface area contributed by atoms with Gasteiger partial charge >= 0.3 is 5.97 Å². The Hall–Kier alpha value is -3.55. The number of methoxy groups -OCH3 is 2. The lowest BCUT2D eigenvalue weighted by molar-refractivity contribution is -0.120. The fourth-order valence-corrected chi connectivity index (χ4v) is 2.31. The Bertz CT molecular complexity index is 862. The number of rotatable bonds is 9. The normalized spacial score (nSPS) is 10.7. The van der Waals surface area contributed by atoms with Gasteiger partial charge in [-0.15, -0.1) is 0 Å². The van der Waals surface area contributed by atoms with Crippen LogP contribution in [0.5, 0.6) is 11.5 Å². The quantitative estimate of drug-likeness (QED) is 0.394. The van der Waals surface area contributed by atoms with Crippen molar-refractivity contribution in [2.45, 2.75) is 20.0 Å². The van der Waals surface area contributed by atoms with Gasteiger partial charge in [-0.3, -0.25) is 4.79 Å². The highest BCUT2D eigenvalue weighted by molar-refractivity contribution is 5.93. The van der Waals surface area contributed by atoms with Gasteiger partial charge in [-0.25, -0.2) is 4.79 Å². The third kappa shape index (κ3) is 6.84. The molecule has 2 aromatic carbocycles. The highest BCUT2D eigenvalue weighted by Gasteiger charge is 2.08. The van der Waals surface area contributed by atoms with E-state index in [1.54, 1.807) is 49.6 Å². The van der Waals surface area contributed by atoms with E-state index in [1.165, 1.54) is 13.3 Å². The van der Waals surface area contributed by atoms with Crippen molar-refractivity contribution in [3.05, 3.63) is 53.6 Å². The molecule has 0 aliphatic heterocycles. The summed E-state index contributed by atoms with van der Waals surface area (Å²) in [6.45, 7) is 3.60. The van der Waals surface area contributed by atoms with Crippen LogP contribution in [-0.4, -0.2) is 45.0 Å². The second-order valence-electron chi connectivity index (χ2n) is 6.20. The summed E-state index contributed by atoms with van der Waals surface area (Å²) in [4.78, 5) is 28.3. The number of oxime groups is 1. The molecule has 0 radical (unpaired) electrons. The van der Waals surface area contributed by atoms with Crippen molar-refractivity contribution in [3.8, 4) is 11.5 Å². The highest BCUT2D eigenvalue weighted by Crippen LogP contribution is 2.28. The standard InChI is InChI=1S/C21H24N2O6/c1-14(2)29-18-10-5-15(11-19(18)26-3)12-22-28-13-20(24)23-17-8-6-16(7-9-17)21(25)27-4/h5-12,14H,13H2,1-4H3,(H,23,24)/b22-12-. The molecule has 0 bridgehead atoms. The zero-order chi connectivity index (χ0) is 21.2. The summed E-state index contributed by atoms with van der Waals surface area (Å²) in [6.07, 6.45) is 1.50. The Labute approximate surface area is 169 Å². The molecule has 0 heterocycles. The average Bonchev–Trinajstić information content (AvgIpc) is 2.71. The van der Waals surface area contributed by atoms with Crippen molar-refractivity contribution < 1.29 is 28.6 Å². The van der Waals surface area contributed by atoms with Gasteiger partial charge in [0.2, 0.25) is 0 Å². The Balaban J connectivity index is 1.85. The second kappa shape index (κ2) is 10.7. The summed E-state index contributed by atoms with van der Waals surface area (Å²) in [5, 5.41) is 6.44. The van der Waals surface area contributed by atoms with E-state index in [9.17, 15) is 9.59 Å². The van der Waals surface area contributed by atoms with Crippen LogP contribution in [-0.2, 0) is 14.4 Å². The molecule has 29 heavy (non-hydrogen) atoms. The molecule has 0 aromatic heterocycles. The van der Waals surface area contributed by atoms with Crippen LogP contribution in [0, 0.1) is 0 Å². The molecule has 1 N–H and O–H groups in total. The van der Waals surface area contributed by atoms with Crippen molar-refractivity contribution in [2.24, 2.45) is 5.16 Å². The maximum atomic E-state index is 11.9. The molecular weight excluding hydrogens is 376 g/mol. The van der Waals surface area contributed by atoms with E-state index in [0.29, 0.717) is 22.7 Å². The Morgan fingerprint density at radius 3 is 2.41 bits per heavy atom. The molecular formula is C21H24N2O6. The maximum Gasteiger partial charge on any atom is 0.337 e.